The molecule has 1 atom stereocenters. The number of hydrogen-bond acceptors (Lipinski definition) is 7. The lowest BCUT2D eigenvalue weighted by atomic mass is 10.1. The number of nitrogens with zero attached hydrogens (tertiary/aromatic N) is 2. The van der Waals surface area contributed by atoms with Gasteiger partial charge in [-0.05, 0) is 24.7 Å². The van der Waals surface area contributed by atoms with Crippen molar-refractivity contribution in [2.24, 2.45) is 0 Å². The van der Waals surface area contributed by atoms with E-state index in [9.17, 15) is 24.5 Å². The van der Waals surface area contributed by atoms with Gasteiger partial charge in [-0.2, -0.15) is 0 Å². The van der Waals surface area contributed by atoms with Gasteiger partial charge in [-0.25, -0.2) is 0 Å². The number of nitro groups is 1. The van der Waals surface area contributed by atoms with E-state index in [-0.39, 0.29) is 42.5 Å². The van der Waals surface area contributed by atoms with Crippen LogP contribution in [0.2, 0.25) is 0 Å². The third-order valence-corrected chi connectivity index (χ3v) is 4.32. The lowest BCUT2D eigenvalue weighted by molar-refractivity contribution is -0.385. The van der Waals surface area contributed by atoms with Crippen LogP contribution in [0.3, 0.4) is 0 Å². The molecule has 1 aromatic rings. The lowest BCUT2D eigenvalue weighted by Crippen LogP contribution is -2.60. The fourth-order valence-electron chi connectivity index (χ4n) is 2.65. The van der Waals surface area contributed by atoms with Crippen LogP contribution in [-0.4, -0.2) is 58.5 Å². The molecule has 28 heavy (non-hydrogen) atoms. The Kier molecular flexibility index (Phi) is 7.38. The highest BCUT2D eigenvalue weighted by molar-refractivity contribution is 7.80. The molecule has 0 aromatic heterocycles. The summed E-state index contributed by atoms with van der Waals surface area (Å²) < 4.78 is 5.01. The summed E-state index contributed by atoms with van der Waals surface area (Å²) in [5.41, 5.74) is -0.519. The molecule has 1 fully saturated rings. The van der Waals surface area contributed by atoms with E-state index in [1.807, 2.05) is 6.92 Å². The Balaban J connectivity index is 2.12. The Hall–Kier alpha value is -3.08. The number of nitrogens with one attached hydrogen (secondary N) is 2. The van der Waals surface area contributed by atoms with Crippen molar-refractivity contribution in [3.63, 3.8) is 0 Å². The van der Waals surface area contributed by atoms with Crippen molar-refractivity contribution in [3.8, 4) is 0 Å². The quantitative estimate of drug-likeness (QED) is 0.305. The molecule has 0 spiro atoms. The highest BCUT2D eigenvalue weighted by atomic mass is 32.1. The first-order valence-corrected chi connectivity index (χ1v) is 9.04. The van der Waals surface area contributed by atoms with Crippen LogP contribution >= 0.6 is 12.2 Å². The molecule has 0 radical (unpaired) electrons. The summed E-state index contributed by atoms with van der Waals surface area (Å²) in [6, 6.07) is 4.51. The maximum atomic E-state index is 12.5. The van der Waals surface area contributed by atoms with Crippen LogP contribution in [0.5, 0.6) is 0 Å². The Morgan fingerprint density at radius 1 is 1.43 bits per heavy atom. The van der Waals surface area contributed by atoms with Crippen molar-refractivity contribution in [3.05, 3.63) is 39.9 Å². The summed E-state index contributed by atoms with van der Waals surface area (Å²) in [7, 11) is 0. The molecule has 1 heterocycles. The van der Waals surface area contributed by atoms with Gasteiger partial charge in [0.05, 0.1) is 18.0 Å². The Morgan fingerprint density at radius 2 is 2.14 bits per heavy atom. The van der Waals surface area contributed by atoms with Crippen LogP contribution in [0.25, 0.3) is 0 Å². The molecule has 0 saturated carbocycles. The predicted molar refractivity (Wildman–Crippen MR) is 103 cm³/mol. The third kappa shape index (κ3) is 5.22. The van der Waals surface area contributed by atoms with Gasteiger partial charge in [0.2, 0.25) is 5.91 Å². The maximum Gasteiger partial charge on any atom is 0.308 e. The van der Waals surface area contributed by atoms with E-state index in [1.54, 1.807) is 0 Å². The number of carbonyl (C=O) groups is 3. The number of hydrogen-bond donors (Lipinski definition) is 2. The second-order valence-corrected chi connectivity index (χ2v) is 6.35. The number of rotatable bonds is 6. The first-order chi connectivity index (χ1) is 13.3. The maximum absolute atomic E-state index is 12.5. The van der Waals surface area contributed by atoms with E-state index in [1.165, 1.54) is 29.2 Å². The Bertz CT molecular complexity index is 800. The average Bonchev–Trinajstić information content (AvgIpc) is 2.67. The molecule has 0 aliphatic carbocycles. The minimum Gasteiger partial charge on any atom is -0.466 e. The van der Waals surface area contributed by atoms with Gasteiger partial charge in [0.1, 0.15) is 11.6 Å². The number of carbonyl (C=O) groups excluding carboxylic acids is 3. The van der Waals surface area contributed by atoms with Crippen molar-refractivity contribution >= 4 is 40.8 Å². The fourth-order valence-corrected chi connectivity index (χ4v) is 2.97. The van der Waals surface area contributed by atoms with E-state index in [4.69, 9.17) is 17.0 Å². The number of benzene rings is 1. The number of thiocarbonyl (C=S) groups is 1. The molecule has 1 aliphatic heterocycles. The van der Waals surface area contributed by atoms with Gasteiger partial charge in [-0.3, -0.25) is 29.8 Å². The zero-order chi connectivity index (χ0) is 20.7. The molecule has 10 nitrogen and oxygen atoms in total. The monoisotopic (exact) mass is 408 g/mol. The van der Waals surface area contributed by atoms with Crippen LogP contribution in [0, 0.1) is 10.1 Å². The molecule has 0 bridgehead atoms. The van der Waals surface area contributed by atoms with Gasteiger partial charge in [0, 0.05) is 19.2 Å². The minimum absolute atomic E-state index is 0.0914. The van der Waals surface area contributed by atoms with Crippen molar-refractivity contribution < 1.29 is 24.0 Å². The van der Waals surface area contributed by atoms with Crippen LogP contribution in [-0.2, 0) is 14.3 Å². The van der Waals surface area contributed by atoms with Crippen LogP contribution in [0.1, 0.15) is 30.1 Å². The summed E-state index contributed by atoms with van der Waals surface area (Å²) in [6.45, 7) is 2.64. The van der Waals surface area contributed by atoms with E-state index in [0.717, 1.165) is 0 Å². The van der Waals surface area contributed by atoms with Gasteiger partial charge < -0.3 is 15.0 Å². The molecular formula is C17H20N4O6S. The molecule has 1 aliphatic rings. The summed E-state index contributed by atoms with van der Waals surface area (Å²) in [6.07, 6.45) is 0.421. The largest absolute Gasteiger partial charge is 0.466 e. The molecular weight excluding hydrogens is 388 g/mol. The Morgan fingerprint density at radius 3 is 2.82 bits per heavy atom. The van der Waals surface area contributed by atoms with Crippen molar-refractivity contribution in [2.75, 3.05) is 19.7 Å². The van der Waals surface area contributed by atoms with Gasteiger partial charge in [-0.1, -0.05) is 19.1 Å². The number of para-hydroxylation sites is 1. The number of esters is 1. The second kappa shape index (κ2) is 9.74. The molecule has 1 aromatic carbocycles. The number of ether oxygens (including phenoxy) is 1. The topological polar surface area (TPSA) is 131 Å². The number of nitro benzene ring substituents is 1. The average molecular weight is 408 g/mol. The molecule has 1 unspecified atom stereocenters. The second-order valence-electron chi connectivity index (χ2n) is 5.96. The number of piperazine rings is 1. The molecule has 2 rings (SSSR count). The zero-order valence-electron chi connectivity index (χ0n) is 15.2. The lowest BCUT2D eigenvalue weighted by Gasteiger charge is -2.36. The summed E-state index contributed by atoms with van der Waals surface area (Å²) in [4.78, 5) is 48.4. The van der Waals surface area contributed by atoms with Crippen LogP contribution < -0.4 is 10.6 Å². The fraction of sp³-hybridized carbons (Fsp3) is 0.412. The highest BCUT2D eigenvalue weighted by Gasteiger charge is 2.34. The van der Waals surface area contributed by atoms with Crippen molar-refractivity contribution in [2.45, 2.75) is 25.8 Å². The van der Waals surface area contributed by atoms with Gasteiger partial charge in [-0.15, -0.1) is 0 Å². The molecule has 1 saturated heterocycles. The Labute approximate surface area is 166 Å². The standard InChI is InChI=1S/C17H20N4O6S/c1-2-9-27-14(22)10-13-16(24)18-7-8-20(13)17(28)19-15(23)11-5-3-4-6-12(11)21(25)26/h3-6,13H,2,7-10H2,1H3,(H,18,24)(H,19,23,28). The summed E-state index contributed by atoms with van der Waals surface area (Å²) >= 11 is 5.22. The minimum atomic E-state index is -0.934. The molecule has 2 amide bonds. The van der Waals surface area contributed by atoms with Gasteiger partial charge in [0.25, 0.3) is 11.6 Å². The van der Waals surface area contributed by atoms with Crippen LogP contribution in [0.15, 0.2) is 24.3 Å². The third-order valence-electron chi connectivity index (χ3n) is 3.98. The number of amides is 2. The van der Waals surface area contributed by atoms with E-state index >= 15 is 0 Å². The van der Waals surface area contributed by atoms with Gasteiger partial charge in [0.15, 0.2) is 5.11 Å². The normalized spacial score (nSPS) is 16.1. The molecule has 11 heteroatoms. The molecule has 2 N–H and O–H groups in total. The van der Waals surface area contributed by atoms with E-state index in [2.05, 4.69) is 10.6 Å². The zero-order valence-corrected chi connectivity index (χ0v) is 16.0. The first-order valence-electron chi connectivity index (χ1n) is 8.63. The smallest absolute Gasteiger partial charge is 0.308 e. The SMILES string of the molecule is CCCOC(=O)CC1C(=O)NCCN1C(=S)NC(=O)c1ccccc1[N+](=O)[O-]. The van der Waals surface area contributed by atoms with E-state index in [0.29, 0.717) is 6.42 Å². The summed E-state index contributed by atoms with van der Waals surface area (Å²) in [5, 5.41) is 16.1. The van der Waals surface area contributed by atoms with Crippen molar-refractivity contribution in [1.82, 2.24) is 15.5 Å². The first kappa shape index (κ1) is 21.2. The van der Waals surface area contributed by atoms with Gasteiger partial charge >= 0.3 is 5.97 Å². The highest BCUT2D eigenvalue weighted by Crippen LogP contribution is 2.18. The van der Waals surface area contributed by atoms with E-state index < -0.39 is 28.7 Å². The van der Waals surface area contributed by atoms with Crippen molar-refractivity contribution in [1.29, 1.82) is 0 Å². The molecule has 150 valence electrons. The van der Waals surface area contributed by atoms with Crippen LogP contribution in [0.4, 0.5) is 5.69 Å². The summed E-state index contributed by atoms with van der Waals surface area (Å²) in [5.74, 6) is -1.74. The predicted octanol–water partition coefficient (Wildman–Crippen LogP) is 0.753.